The summed E-state index contributed by atoms with van der Waals surface area (Å²) in [5.74, 6) is -0.521. The predicted octanol–water partition coefficient (Wildman–Crippen LogP) is 3.22. The first-order valence-electron chi connectivity index (χ1n) is 9.80. The molecule has 1 saturated heterocycles. The van der Waals surface area contributed by atoms with E-state index in [4.69, 9.17) is 16.4 Å². The molecule has 1 atom stereocenters. The van der Waals surface area contributed by atoms with Crippen LogP contribution in [0.15, 0.2) is 22.8 Å². The molecule has 1 aromatic heterocycles. The van der Waals surface area contributed by atoms with Gasteiger partial charge in [0.25, 0.3) is 0 Å². The summed E-state index contributed by atoms with van der Waals surface area (Å²) in [5, 5.41) is 0. The van der Waals surface area contributed by atoms with Crippen LogP contribution in [0.1, 0.15) is 42.4 Å². The van der Waals surface area contributed by atoms with Crippen LogP contribution in [0, 0.1) is 0 Å². The number of pyridine rings is 1. The summed E-state index contributed by atoms with van der Waals surface area (Å²) < 4.78 is 95.6. The van der Waals surface area contributed by atoms with Crippen molar-refractivity contribution in [2.45, 2.75) is 32.0 Å². The highest BCUT2D eigenvalue weighted by atomic mass is 79.9. The van der Waals surface area contributed by atoms with E-state index < -0.39 is 44.3 Å². The Labute approximate surface area is 110 Å². The number of nitrogens with zero attached hydrogens (tertiary/aromatic N) is 2. The molecule has 2 heterocycles. The van der Waals surface area contributed by atoms with Crippen LogP contribution in [-0.4, -0.2) is 17.5 Å². The third-order valence-electron chi connectivity index (χ3n) is 1.59. The summed E-state index contributed by atoms with van der Waals surface area (Å²) in [4.78, 5) is 3.88. The minimum atomic E-state index is -3.64. The topological polar surface area (TPSA) is 16.1 Å². The fraction of sp³-hybridized carbons (Fsp3) is 0.545. The highest BCUT2D eigenvalue weighted by Gasteiger charge is 2.20. The van der Waals surface area contributed by atoms with Gasteiger partial charge in [0.1, 0.15) is 5.82 Å². The van der Waals surface area contributed by atoms with Crippen LogP contribution in [0.3, 0.4) is 0 Å². The van der Waals surface area contributed by atoms with E-state index in [1.54, 1.807) is 0 Å². The Morgan fingerprint density at radius 3 is 3.50 bits per heavy atom. The van der Waals surface area contributed by atoms with Crippen molar-refractivity contribution in [1.82, 2.24) is 4.98 Å². The van der Waals surface area contributed by atoms with E-state index in [-0.39, 0.29) is 9.37 Å². The molecule has 0 spiro atoms. The number of piperidine rings is 1. The molecule has 0 saturated carbocycles. The third-order valence-corrected chi connectivity index (χ3v) is 2.20. The van der Waals surface area contributed by atoms with E-state index in [0.29, 0.717) is 0 Å². The van der Waals surface area contributed by atoms with Crippen molar-refractivity contribution in [1.29, 1.82) is 0 Å². The zero-order valence-electron chi connectivity index (χ0n) is 19.0. The normalized spacial score (nSPS) is 55.6. The van der Waals surface area contributed by atoms with Gasteiger partial charge in [-0.2, -0.15) is 0 Å². The molecule has 2 nitrogen and oxygen atoms in total. The molecule has 2 rings (SSSR count). The Kier molecular flexibility index (Phi) is 0.913. The van der Waals surface area contributed by atoms with Gasteiger partial charge in [0.05, 0.1) is 5.84 Å². The van der Waals surface area contributed by atoms with Crippen LogP contribution < -0.4 is 4.90 Å². The average molecular weight is 267 g/mol. The highest BCUT2D eigenvalue weighted by molar-refractivity contribution is 9.10. The molecular weight excluding hydrogens is 240 g/mol. The molecule has 0 radical (unpaired) electrons. The van der Waals surface area contributed by atoms with Gasteiger partial charge in [0, 0.05) is 33.8 Å². The largest absolute Gasteiger partial charge is 0.353 e. The molecule has 1 aliphatic heterocycles. The quantitative estimate of drug-likeness (QED) is 0.776. The van der Waals surface area contributed by atoms with E-state index >= 15 is 0 Å². The van der Waals surface area contributed by atoms with Crippen LogP contribution in [-0.2, 0) is 0 Å². The smallest absolute Gasteiger partial charge is 0.143 e. The van der Waals surface area contributed by atoms with Gasteiger partial charge in [-0.15, -0.1) is 0 Å². The number of halogens is 1. The standard InChI is InChI=1S/C11H15BrN2/c1-9-5-2-3-8-14(9)11-10(12)6-4-7-13-11/h4,6-7,9H,2-3,5,8H2,1H3/i1D3,2D2,3D2,5D2,8D2,9D. The maximum atomic E-state index is 8.43. The summed E-state index contributed by atoms with van der Waals surface area (Å²) in [6.45, 7) is -6.97. The minimum Gasteiger partial charge on any atom is -0.353 e. The van der Waals surface area contributed by atoms with Crippen LogP contribution in [0.25, 0.3) is 0 Å². The summed E-state index contributed by atoms with van der Waals surface area (Å²) in [6.07, 6.45) is -9.66. The van der Waals surface area contributed by atoms with E-state index in [1.165, 1.54) is 12.1 Å². The zero-order chi connectivity index (χ0) is 20.6. The summed E-state index contributed by atoms with van der Waals surface area (Å²) in [6, 6.07) is -0.765. The first-order chi connectivity index (χ1) is 11.4. The molecule has 0 aliphatic carbocycles. The number of hydrogen-bond acceptors (Lipinski definition) is 2. The van der Waals surface area contributed by atoms with Gasteiger partial charge in [-0.25, -0.2) is 4.98 Å². The van der Waals surface area contributed by atoms with Crippen LogP contribution >= 0.6 is 15.9 Å². The van der Waals surface area contributed by atoms with Crippen LogP contribution in [0.2, 0.25) is 0 Å². The lowest BCUT2D eigenvalue weighted by Crippen LogP contribution is -2.38. The molecule has 3 heteroatoms. The Bertz CT molecular complexity index is 717. The Morgan fingerprint density at radius 1 is 1.79 bits per heavy atom. The van der Waals surface area contributed by atoms with Crippen molar-refractivity contribution in [2.24, 2.45) is 0 Å². The number of anilines is 1. The van der Waals surface area contributed by atoms with Crippen molar-refractivity contribution < 1.29 is 16.4 Å². The van der Waals surface area contributed by atoms with Gasteiger partial charge >= 0.3 is 0 Å². The Morgan fingerprint density at radius 2 is 2.71 bits per heavy atom. The van der Waals surface area contributed by atoms with Crippen molar-refractivity contribution in [2.75, 3.05) is 11.4 Å². The first kappa shape index (κ1) is 2.97. The first-order valence-corrected chi connectivity index (χ1v) is 4.59. The molecule has 0 N–H and O–H groups in total. The lowest BCUT2D eigenvalue weighted by molar-refractivity contribution is 0.480. The summed E-state index contributed by atoms with van der Waals surface area (Å²) in [5.41, 5.74) is 0. The number of rotatable bonds is 1. The number of hydrogen-bond donors (Lipinski definition) is 0. The Hall–Kier alpha value is -0.570. The van der Waals surface area contributed by atoms with Crippen molar-refractivity contribution in [3.05, 3.63) is 22.8 Å². The SMILES string of the molecule is [2H]C([2H])([2H])C1([2H])N(c2ncccc2Br)C([2H])([2H])C([2H])([2H])C([2H])([2H])C1([2H])[2H]. The maximum Gasteiger partial charge on any atom is 0.143 e. The second kappa shape index (κ2) is 4.30. The molecular formula is C11H15BrN2. The molecule has 0 amide bonds. The van der Waals surface area contributed by atoms with E-state index in [2.05, 4.69) is 20.9 Å². The molecule has 14 heavy (non-hydrogen) atoms. The lowest BCUT2D eigenvalue weighted by Gasteiger charge is -2.34. The van der Waals surface area contributed by atoms with E-state index in [9.17, 15) is 0 Å². The third kappa shape index (κ3) is 1.92. The fourth-order valence-corrected chi connectivity index (χ4v) is 1.42. The summed E-state index contributed by atoms with van der Waals surface area (Å²) in [7, 11) is 0. The molecule has 1 aliphatic rings. The maximum absolute atomic E-state index is 8.43. The average Bonchev–Trinajstić information content (AvgIpc) is 2.46. The van der Waals surface area contributed by atoms with Crippen molar-refractivity contribution in [3.63, 3.8) is 0 Å². The van der Waals surface area contributed by atoms with Crippen molar-refractivity contribution in [3.8, 4) is 0 Å². The molecule has 0 aromatic carbocycles. The Balaban J connectivity index is 3.00. The monoisotopic (exact) mass is 266 g/mol. The second-order valence-electron chi connectivity index (χ2n) is 2.48. The highest BCUT2D eigenvalue weighted by Crippen LogP contribution is 2.28. The predicted molar refractivity (Wildman–Crippen MR) is 62.6 cm³/mol. The second-order valence-corrected chi connectivity index (χ2v) is 3.33. The molecule has 76 valence electrons. The van der Waals surface area contributed by atoms with E-state index in [1.807, 2.05) is 0 Å². The minimum absolute atomic E-state index is 0.00110. The van der Waals surface area contributed by atoms with Crippen LogP contribution in [0.5, 0.6) is 0 Å². The van der Waals surface area contributed by atoms with Crippen LogP contribution in [0.4, 0.5) is 5.82 Å². The van der Waals surface area contributed by atoms with Gasteiger partial charge < -0.3 is 4.90 Å². The van der Waals surface area contributed by atoms with E-state index in [0.717, 1.165) is 6.20 Å². The summed E-state index contributed by atoms with van der Waals surface area (Å²) >= 11 is 3.03. The zero-order valence-corrected chi connectivity index (χ0v) is 8.59. The lowest BCUT2D eigenvalue weighted by atomic mass is 10.0. The molecule has 0 bridgehead atoms. The van der Waals surface area contributed by atoms with Gasteiger partial charge in [-0.1, -0.05) is 0 Å². The van der Waals surface area contributed by atoms with Gasteiger partial charge in [0.15, 0.2) is 0 Å². The number of aromatic nitrogens is 1. The molecule has 1 aromatic rings. The molecule has 1 fully saturated rings. The van der Waals surface area contributed by atoms with Gasteiger partial charge in [-0.3, -0.25) is 0 Å². The van der Waals surface area contributed by atoms with Crippen molar-refractivity contribution >= 4 is 21.7 Å². The van der Waals surface area contributed by atoms with Gasteiger partial charge in [0.2, 0.25) is 0 Å². The van der Waals surface area contributed by atoms with Gasteiger partial charge in [-0.05, 0) is 54.0 Å². The molecule has 1 unspecified atom stereocenters. The fourth-order valence-electron chi connectivity index (χ4n) is 0.987.